The van der Waals surface area contributed by atoms with Gasteiger partial charge in [0.2, 0.25) is 0 Å². The maximum atomic E-state index is 13.4. The maximum Gasteiger partial charge on any atom is 0.326 e. The molecule has 1 saturated heterocycles. The fourth-order valence-electron chi connectivity index (χ4n) is 5.87. The standard InChI is InChI=1S/C31H27Cl3N4O2/c32-26-5-2-1-4-22(26)23-12-20(25-17-37(16-21(25)18-39)15-19-8-10-35-11-9-19)13-29-24(23)14-36-31(40)38(29)30-27(33)6-3-7-28(30)34/h1-13,21,25,39H,14-18H2,(H,36,40)/t21-,25?/m1/s1. The molecule has 40 heavy (non-hydrogen) atoms. The van der Waals surface area contributed by atoms with Gasteiger partial charge in [-0.2, -0.15) is 0 Å². The average Bonchev–Trinajstić information content (AvgIpc) is 3.37. The smallest absolute Gasteiger partial charge is 0.326 e. The number of nitrogens with one attached hydrogen (secondary N) is 1. The Morgan fingerprint density at radius 3 is 2.35 bits per heavy atom. The number of benzene rings is 3. The van der Waals surface area contributed by atoms with Crippen LogP contribution in [0.3, 0.4) is 0 Å². The Morgan fingerprint density at radius 2 is 1.62 bits per heavy atom. The number of halogens is 3. The number of rotatable bonds is 6. The van der Waals surface area contributed by atoms with Crippen molar-refractivity contribution in [3.8, 4) is 11.1 Å². The summed E-state index contributed by atoms with van der Waals surface area (Å²) >= 11 is 19.9. The third-order valence-electron chi connectivity index (χ3n) is 7.77. The molecule has 3 aromatic carbocycles. The van der Waals surface area contributed by atoms with Gasteiger partial charge >= 0.3 is 6.03 Å². The zero-order valence-corrected chi connectivity index (χ0v) is 23.8. The molecule has 1 unspecified atom stereocenters. The van der Waals surface area contributed by atoms with E-state index in [1.807, 2.05) is 36.4 Å². The lowest BCUT2D eigenvalue weighted by Gasteiger charge is -2.34. The summed E-state index contributed by atoms with van der Waals surface area (Å²) in [6, 6.07) is 20.8. The highest BCUT2D eigenvalue weighted by Crippen LogP contribution is 2.47. The van der Waals surface area contributed by atoms with E-state index >= 15 is 0 Å². The normalized spacial score (nSPS) is 19.0. The van der Waals surface area contributed by atoms with Gasteiger partial charge in [-0.25, -0.2) is 4.79 Å². The molecule has 0 spiro atoms. The molecule has 9 heteroatoms. The van der Waals surface area contributed by atoms with Crippen molar-refractivity contribution >= 4 is 52.2 Å². The molecule has 6 nitrogen and oxygen atoms in total. The van der Waals surface area contributed by atoms with Crippen LogP contribution < -0.4 is 10.2 Å². The number of anilines is 2. The van der Waals surface area contributed by atoms with Gasteiger partial charge in [-0.15, -0.1) is 0 Å². The number of carbonyl (C=O) groups is 1. The van der Waals surface area contributed by atoms with E-state index in [1.165, 1.54) is 5.56 Å². The van der Waals surface area contributed by atoms with E-state index in [1.54, 1.807) is 35.5 Å². The van der Waals surface area contributed by atoms with Crippen LogP contribution >= 0.6 is 34.8 Å². The molecule has 2 atom stereocenters. The molecular formula is C31H27Cl3N4O2. The minimum Gasteiger partial charge on any atom is -0.396 e. The zero-order valence-electron chi connectivity index (χ0n) is 21.5. The van der Waals surface area contributed by atoms with Crippen LogP contribution in [0, 0.1) is 5.92 Å². The highest BCUT2D eigenvalue weighted by Gasteiger charge is 2.37. The van der Waals surface area contributed by atoms with Gasteiger partial charge in [0.15, 0.2) is 0 Å². The van der Waals surface area contributed by atoms with Crippen molar-refractivity contribution in [1.82, 2.24) is 15.2 Å². The summed E-state index contributed by atoms with van der Waals surface area (Å²) in [7, 11) is 0. The Balaban J connectivity index is 1.50. The SMILES string of the molecule is O=C1NCc2c(-c3ccccc3Cl)cc(C3CN(Cc4ccncc4)C[C@@H]3CO)cc2N1c1c(Cl)cccc1Cl. The quantitative estimate of drug-likeness (QED) is 0.247. The molecule has 0 bridgehead atoms. The number of fused-ring (bicyclic) bond motifs is 1. The van der Waals surface area contributed by atoms with Gasteiger partial charge in [-0.1, -0.05) is 65.1 Å². The number of hydrogen-bond acceptors (Lipinski definition) is 4. The monoisotopic (exact) mass is 592 g/mol. The summed E-state index contributed by atoms with van der Waals surface area (Å²) in [5, 5.41) is 14.8. The predicted molar refractivity (Wildman–Crippen MR) is 161 cm³/mol. The molecule has 3 heterocycles. The lowest BCUT2D eigenvalue weighted by Crippen LogP contribution is -2.42. The molecular weight excluding hydrogens is 567 g/mol. The van der Waals surface area contributed by atoms with Crippen LogP contribution in [-0.2, 0) is 13.1 Å². The van der Waals surface area contributed by atoms with Crippen LogP contribution in [0.5, 0.6) is 0 Å². The maximum absolute atomic E-state index is 13.4. The minimum absolute atomic E-state index is 0.0220. The van der Waals surface area contributed by atoms with E-state index in [4.69, 9.17) is 34.8 Å². The minimum atomic E-state index is -0.311. The first kappa shape index (κ1) is 27.1. The van der Waals surface area contributed by atoms with E-state index in [9.17, 15) is 9.90 Å². The van der Waals surface area contributed by atoms with Crippen molar-refractivity contribution in [1.29, 1.82) is 0 Å². The highest BCUT2D eigenvalue weighted by molar-refractivity contribution is 6.40. The number of aliphatic hydroxyl groups excluding tert-OH is 1. The number of carbonyl (C=O) groups excluding carboxylic acids is 1. The van der Waals surface area contributed by atoms with Gasteiger partial charge in [0.25, 0.3) is 0 Å². The number of amides is 2. The first-order chi connectivity index (χ1) is 19.4. The molecule has 2 aliphatic heterocycles. The van der Waals surface area contributed by atoms with Gasteiger partial charge in [0.1, 0.15) is 0 Å². The largest absolute Gasteiger partial charge is 0.396 e. The number of urea groups is 1. The Morgan fingerprint density at radius 1 is 0.900 bits per heavy atom. The van der Waals surface area contributed by atoms with Gasteiger partial charge in [-0.3, -0.25) is 14.8 Å². The molecule has 0 saturated carbocycles. The topological polar surface area (TPSA) is 68.7 Å². The molecule has 1 fully saturated rings. The predicted octanol–water partition coefficient (Wildman–Crippen LogP) is 7.28. The second-order valence-electron chi connectivity index (χ2n) is 10.2. The lowest BCUT2D eigenvalue weighted by atomic mass is 9.85. The van der Waals surface area contributed by atoms with Crippen molar-refractivity contribution in [3.63, 3.8) is 0 Å². The lowest BCUT2D eigenvalue weighted by molar-refractivity contribution is 0.214. The van der Waals surface area contributed by atoms with Crippen molar-refractivity contribution in [2.75, 3.05) is 24.6 Å². The summed E-state index contributed by atoms with van der Waals surface area (Å²) in [6.07, 6.45) is 3.59. The summed E-state index contributed by atoms with van der Waals surface area (Å²) in [5.74, 6) is 0.0562. The zero-order chi connectivity index (χ0) is 27.8. The number of aromatic nitrogens is 1. The van der Waals surface area contributed by atoms with E-state index in [2.05, 4.69) is 27.3 Å². The van der Waals surface area contributed by atoms with Gasteiger partial charge in [-0.05, 0) is 53.1 Å². The van der Waals surface area contributed by atoms with Crippen LogP contribution in [0.1, 0.15) is 22.6 Å². The van der Waals surface area contributed by atoms with E-state index < -0.39 is 0 Å². The molecule has 1 aromatic heterocycles. The molecule has 0 aliphatic carbocycles. The Kier molecular flexibility index (Phi) is 7.71. The van der Waals surface area contributed by atoms with Gasteiger partial charge in [0, 0.05) is 73.2 Å². The first-order valence-electron chi connectivity index (χ1n) is 13.1. The summed E-state index contributed by atoms with van der Waals surface area (Å²) in [5.41, 5.74) is 6.04. The first-order valence-corrected chi connectivity index (χ1v) is 14.2. The van der Waals surface area contributed by atoms with Crippen molar-refractivity contribution in [2.24, 2.45) is 5.92 Å². The second kappa shape index (κ2) is 11.4. The molecule has 2 aliphatic rings. The van der Waals surface area contributed by atoms with Crippen LogP contribution in [0.2, 0.25) is 15.1 Å². The number of nitrogens with zero attached hydrogens (tertiary/aromatic N) is 3. The van der Waals surface area contributed by atoms with Gasteiger partial charge in [0.05, 0.1) is 21.4 Å². The third kappa shape index (κ3) is 5.06. The number of likely N-dealkylation sites (tertiary alicyclic amines) is 1. The van der Waals surface area contributed by atoms with E-state index in [0.717, 1.165) is 41.9 Å². The van der Waals surface area contributed by atoms with E-state index in [-0.39, 0.29) is 24.5 Å². The van der Waals surface area contributed by atoms with Crippen LogP contribution in [-0.4, -0.2) is 40.7 Å². The Labute approximate surface area is 248 Å². The molecule has 0 radical (unpaired) electrons. The van der Waals surface area contributed by atoms with E-state index in [0.29, 0.717) is 33.0 Å². The van der Waals surface area contributed by atoms with Crippen LogP contribution in [0.25, 0.3) is 11.1 Å². The molecule has 204 valence electrons. The fraction of sp³-hybridized carbons (Fsp3) is 0.226. The fourth-order valence-corrected chi connectivity index (χ4v) is 6.68. The summed E-state index contributed by atoms with van der Waals surface area (Å²) < 4.78 is 0. The van der Waals surface area contributed by atoms with Crippen molar-refractivity contribution in [3.05, 3.63) is 111 Å². The third-order valence-corrected chi connectivity index (χ3v) is 8.71. The van der Waals surface area contributed by atoms with Crippen molar-refractivity contribution in [2.45, 2.75) is 19.0 Å². The number of para-hydroxylation sites is 1. The average molecular weight is 594 g/mol. The molecule has 4 aromatic rings. The highest BCUT2D eigenvalue weighted by atomic mass is 35.5. The van der Waals surface area contributed by atoms with Crippen LogP contribution in [0.15, 0.2) is 79.1 Å². The van der Waals surface area contributed by atoms with Crippen LogP contribution in [0.4, 0.5) is 16.2 Å². The Hall–Kier alpha value is -3.13. The molecule has 2 N–H and O–H groups in total. The summed E-state index contributed by atoms with van der Waals surface area (Å²) in [4.78, 5) is 21.4. The number of aliphatic hydroxyl groups is 1. The molecule has 2 amide bonds. The Bertz CT molecular complexity index is 1550. The second-order valence-corrected chi connectivity index (χ2v) is 11.4. The number of pyridine rings is 1. The molecule has 6 rings (SSSR count). The van der Waals surface area contributed by atoms with Crippen molar-refractivity contribution < 1.29 is 9.90 Å². The number of hydrogen-bond donors (Lipinski definition) is 2. The summed E-state index contributed by atoms with van der Waals surface area (Å²) in [6.45, 7) is 2.66. The van der Waals surface area contributed by atoms with Gasteiger partial charge < -0.3 is 10.4 Å².